The van der Waals surface area contributed by atoms with Crippen molar-refractivity contribution in [2.45, 2.75) is 46.2 Å². The standard InChI is InChI=1S/C29H32N4O3.ClH/c1-19(34)31(5)25-16-21(15-22(27(25)36)29(2,3)4)26(35)18-33-24-14-10-9-13-23(24)32(28(33)30)17-20-11-7-6-8-12-20;/h6-16,30,36H,17-18H2,1-5H3;1H. The van der Waals surface area contributed by atoms with Crippen molar-refractivity contribution in [3.8, 4) is 5.75 Å². The first-order chi connectivity index (χ1) is 17.0. The molecule has 0 spiro atoms. The molecule has 1 amide bonds. The van der Waals surface area contributed by atoms with E-state index in [0.717, 1.165) is 16.6 Å². The second kappa shape index (κ2) is 10.6. The lowest BCUT2D eigenvalue weighted by atomic mass is 9.84. The highest BCUT2D eigenvalue weighted by atomic mass is 35.5. The number of carbonyl (C=O) groups is 2. The number of carbonyl (C=O) groups excluding carboxylic acids is 2. The molecule has 4 rings (SSSR count). The monoisotopic (exact) mass is 520 g/mol. The van der Waals surface area contributed by atoms with E-state index in [9.17, 15) is 14.7 Å². The van der Waals surface area contributed by atoms with Gasteiger partial charge in [-0.3, -0.25) is 15.0 Å². The molecule has 4 aromatic rings. The van der Waals surface area contributed by atoms with Gasteiger partial charge in [-0.15, -0.1) is 12.4 Å². The lowest BCUT2D eigenvalue weighted by Gasteiger charge is -2.26. The zero-order chi connectivity index (χ0) is 26.2. The normalized spacial score (nSPS) is 11.3. The number of benzene rings is 3. The lowest BCUT2D eigenvalue weighted by Crippen LogP contribution is -2.28. The van der Waals surface area contributed by atoms with Crippen LogP contribution in [0.15, 0.2) is 66.7 Å². The van der Waals surface area contributed by atoms with Crippen molar-refractivity contribution in [2.24, 2.45) is 0 Å². The smallest absolute Gasteiger partial charge is 0.223 e. The molecule has 0 aliphatic carbocycles. The fraction of sp³-hybridized carbons (Fsp3) is 0.276. The highest BCUT2D eigenvalue weighted by Gasteiger charge is 2.26. The maximum atomic E-state index is 13.6. The largest absolute Gasteiger partial charge is 0.505 e. The average molecular weight is 521 g/mol. The van der Waals surface area contributed by atoms with Crippen molar-refractivity contribution >= 4 is 40.8 Å². The number of para-hydroxylation sites is 2. The van der Waals surface area contributed by atoms with E-state index in [4.69, 9.17) is 5.41 Å². The van der Waals surface area contributed by atoms with E-state index in [1.54, 1.807) is 23.7 Å². The molecule has 1 heterocycles. The SMILES string of the molecule is CC(=O)N(C)c1cc(C(=O)Cn2c(=N)n(Cc3ccccc3)c3ccccc32)cc(C(C)(C)C)c1O.Cl. The van der Waals surface area contributed by atoms with Crippen LogP contribution < -0.4 is 10.5 Å². The van der Waals surface area contributed by atoms with Crippen molar-refractivity contribution in [1.82, 2.24) is 9.13 Å². The van der Waals surface area contributed by atoms with Gasteiger partial charge in [0.05, 0.1) is 29.8 Å². The summed E-state index contributed by atoms with van der Waals surface area (Å²) in [4.78, 5) is 27.0. The Morgan fingerprint density at radius 1 is 0.946 bits per heavy atom. The van der Waals surface area contributed by atoms with Crippen LogP contribution in [0.2, 0.25) is 0 Å². The van der Waals surface area contributed by atoms with Crippen LogP contribution in [0.1, 0.15) is 49.2 Å². The van der Waals surface area contributed by atoms with Gasteiger partial charge in [-0.1, -0.05) is 63.2 Å². The molecule has 0 radical (unpaired) electrons. The van der Waals surface area contributed by atoms with Crippen LogP contribution in [0.3, 0.4) is 0 Å². The van der Waals surface area contributed by atoms with E-state index in [2.05, 4.69) is 0 Å². The van der Waals surface area contributed by atoms with Crippen LogP contribution in [0.25, 0.3) is 11.0 Å². The Kier molecular flexibility index (Phi) is 7.98. The third-order valence-corrected chi connectivity index (χ3v) is 6.51. The van der Waals surface area contributed by atoms with E-state index >= 15 is 0 Å². The highest BCUT2D eigenvalue weighted by molar-refractivity contribution is 6.00. The molecule has 0 bridgehead atoms. The summed E-state index contributed by atoms with van der Waals surface area (Å²) in [5, 5.41) is 19.8. The van der Waals surface area contributed by atoms with Gasteiger partial charge in [0.1, 0.15) is 5.75 Å². The van der Waals surface area contributed by atoms with Gasteiger partial charge in [0.15, 0.2) is 5.78 Å². The molecule has 0 fully saturated rings. The second-order valence-corrected chi connectivity index (χ2v) is 10.1. The zero-order valence-electron chi connectivity index (χ0n) is 21.8. The predicted molar refractivity (Wildman–Crippen MR) is 149 cm³/mol. The number of hydrogen-bond donors (Lipinski definition) is 2. The van der Waals surface area contributed by atoms with Crippen molar-refractivity contribution in [1.29, 1.82) is 5.41 Å². The molecule has 0 aliphatic rings. The fourth-order valence-corrected chi connectivity index (χ4v) is 4.39. The summed E-state index contributed by atoms with van der Waals surface area (Å²) >= 11 is 0. The van der Waals surface area contributed by atoms with Gasteiger partial charge in [0.25, 0.3) is 0 Å². The van der Waals surface area contributed by atoms with Gasteiger partial charge >= 0.3 is 0 Å². The number of fused-ring (bicyclic) bond motifs is 1. The number of ketones is 1. The van der Waals surface area contributed by atoms with Gasteiger partial charge in [-0.2, -0.15) is 0 Å². The summed E-state index contributed by atoms with van der Waals surface area (Å²) in [6.07, 6.45) is 0. The van der Waals surface area contributed by atoms with Crippen molar-refractivity contribution in [3.63, 3.8) is 0 Å². The van der Waals surface area contributed by atoms with E-state index in [1.165, 1.54) is 11.8 Å². The number of amides is 1. The first-order valence-electron chi connectivity index (χ1n) is 11.9. The first kappa shape index (κ1) is 27.7. The Hall–Kier alpha value is -3.84. The summed E-state index contributed by atoms with van der Waals surface area (Å²) in [7, 11) is 1.58. The molecule has 194 valence electrons. The van der Waals surface area contributed by atoms with Gasteiger partial charge < -0.3 is 19.1 Å². The quantitative estimate of drug-likeness (QED) is 0.340. The molecule has 1 aromatic heterocycles. The van der Waals surface area contributed by atoms with Crippen molar-refractivity contribution in [3.05, 3.63) is 89.0 Å². The van der Waals surface area contributed by atoms with Gasteiger partial charge in [0, 0.05) is 25.1 Å². The maximum Gasteiger partial charge on any atom is 0.223 e. The third kappa shape index (κ3) is 5.47. The topological polar surface area (TPSA) is 91.3 Å². The molecule has 2 N–H and O–H groups in total. The van der Waals surface area contributed by atoms with Crippen molar-refractivity contribution < 1.29 is 14.7 Å². The third-order valence-electron chi connectivity index (χ3n) is 6.51. The molecule has 0 aliphatic heterocycles. The number of nitrogens with one attached hydrogen (secondary N) is 1. The molecule has 37 heavy (non-hydrogen) atoms. The Balaban J connectivity index is 0.00000380. The number of Topliss-reactive ketones (excluding diaryl/α,β-unsaturated/α-hetero) is 1. The molecule has 0 atom stereocenters. The molecular formula is C29H33ClN4O3. The van der Waals surface area contributed by atoms with Gasteiger partial charge in [0.2, 0.25) is 11.5 Å². The lowest BCUT2D eigenvalue weighted by molar-refractivity contribution is -0.116. The summed E-state index contributed by atoms with van der Waals surface area (Å²) in [5.74, 6) is -0.466. The molecule has 7 nitrogen and oxygen atoms in total. The predicted octanol–water partition coefficient (Wildman–Crippen LogP) is 5.26. The van der Waals surface area contributed by atoms with Crippen LogP contribution in [-0.4, -0.2) is 33.0 Å². The number of anilines is 1. The summed E-state index contributed by atoms with van der Waals surface area (Å²) in [5.41, 5.74) is 3.76. The minimum absolute atomic E-state index is 0. The fourth-order valence-electron chi connectivity index (χ4n) is 4.39. The number of aromatic nitrogens is 2. The highest BCUT2D eigenvalue weighted by Crippen LogP contribution is 2.39. The molecule has 8 heteroatoms. The number of halogens is 1. The molecule has 0 unspecified atom stereocenters. The Morgan fingerprint density at radius 2 is 1.51 bits per heavy atom. The second-order valence-electron chi connectivity index (χ2n) is 10.1. The number of phenols is 1. The van der Waals surface area contributed by atoms with E-state index < -0.39 is 5.41 Å². The van der Waals surface area contributed by atoms with Crippen LogP contribution in [0.4, 0.5) is 5.69 Å². The number of phenolic OH excluding ortho intramolecular Hbond substituents is 1. The maximum absolute atomic E-state index is 13.6. The van der Waals surface area contributed by atoms with Crippen LogP contribution in [0, 0.1) is 5.41 Å². The van der Waals surface area contributed by atoms with E-state index in [1.807, 2.05) is 79.9 Å². The van der Waals surface area contributed by atoms with Crippen molar-refractivity contribution in [2.75, 3.05) is 11.9 Å². The number of hydrogen-bond acceptors (Lipinski definition) is 4. The number of imidazole rings is 1. The minimum Gasteiger partial charge on any atom is -0.505 e. The number of aromatic hydroxyl groups is 1. The van der Waals surface area contributed by atoms with Crippen LogP contribution in [-0.2, 0) is 23.3 Å². The number of nitrogens with zero attached hydrogens (tertiary/aromatic N) is 3. The summed E-state index contributed by atoms with van der Waals surface area (Å²) < 4.78 is 3.60. The Morgan fingerprint density at radius 3 is 2.08 bits per heavy atom. The van der Waals surface area contributed by atoms with Crippen LogP contribution >= 0.6 is 12.4 Å². The molecule has 0 saturated carbocycles. The van der Waals surface area contributed by atoms with Gasteiger partial charge in [-0.25, -0.2) is 0 Å². The van der Waals surface area contributed by atoms with Gasteiger partial charge in [-0.05, 0) is 35.2 Å². The van der Waals surface area contributed by atoms with E-state index in [-0.39, 0.29) is 42.0 Å². The average Bonchev–Trinajstić information content (AvgIpc) is 3.09. The minimum atomic E-state index is -0.452. The Labute approximate surface area is 222 Å². The van der Waals surface area contributed by atoms with E-state index in [0.29, 0.717) is 23.4 Å². The summed E-state index contributed by atoms with van der Waals surface area (Å²) in [6.45, 7) is 7.72. The Bertz CT molecular complexity index is 1510. The zero-order valence-corrected chi connectivity index (χ0v) is 22.6. The number of rotatable bonds is 6. The molecular weight excluding hydrogens is 488 g/mol. The summed E-state index contributed by atoms with van der Waals surface area (Å²) in [6, 6.07) is 20.9. The molecule has 3 aromatic carbocycles. The van der Waals surface area contributed by atoms with Crippen LogP contribution in [0.5, 0.6) is 5.75 Å². The first-order valence-corrected chi connectivity index (χ1v) is 11.9. The molecule has 0 saturated heterocycles.